The molecule has 1 atom stereocenters. The predicted molar refractivity (Wildman–Crippen MR) is 63.0 cm³/mol. The highest BCUT2D eigenvalue weighted by molar-refractivity contribution is 5.64. The zero-order valence-corrected chi connectivity index (χ0v) is 9.06. The summed E-state index contributed by atoms with van der Waals surface area (Å²) in [5, 5.41) is 18.1. The first-order valence-corrected chi connectivity index (χ1v) is 5.40. The number of nitrogen functional groups attached to an aromatic ring is 1. The Morgan fingerprint density at radius 2 is 2.38 bits per heavy atom. The molecule has 0 bridgehead atoms. The predicted octanol–water partition coefficient (Wildman–Crippen LogP) is 0.959. The maximum atomic E-state index is 9.09. The van der Waals surface area contributed by atoms with E-state index >= 15 is 0 Å². The van der Waals surface area contributed by atoms with Crippen LogP contribution in [0.5, 0.6) is 0 Å². The molecule has 1 aliphatic rings. The Kier molecular flexibility index (Phi) is 2.97. The maximum Gasteiger partial charge on any atom is 0.101 e. The lowest BCUT2D eigenvalue weighted by molar-refractivity contribution is 0.238. The molecular formula is C12H15N3O. The summed E-state index contributed by atoms with van der Waals surface area (Å²) in [6.45, 7) is 1.92. The molecule has 1 aliphatic heterocycles. The van der Waals surface area contributed by atoms with Crippen molar-refractivity contribution in [3.05, 3.63) is 23.8 Å². The molecule has 0 saturated carbocycles. The van der Waals surface area contributed by atoms with E-state index in [4.69, 9.17) is 16.1 Å². The second-order valence-corrected chi connectivity index (χ2v) is 4.17. The second kappa shape index (κ2) is 4.42. The monoisotopic (exact) mass is 217 g/mol. The fraction of sp³-hybridized carbons (Fsp3) is 0.417. The van der Waals surface area contributed by atoms with Gasteiger partial charge < -0.3 is 15.7 Å². The normalized spacial score (nSPS) is 19.8. The van der Waals surface area contributed by atoms with Crippen molar-refractivity contribution in [1.29, 1.82) is 5.26 Å². The Bertz CT molecular complexity index is 425. The number of benzene rings is 1. The van der Waals surface area contributed by atoms with Gasteiger partial charge in [-0.05, 0) is 24.6 Å². The van der Waals surface area contributed by atoms with E-state index < -0.39 is 0 Å². The van der Waals surface area contributed by atoms with Crippen molar-refractivity contribution in [3.8, 4) is 6.07 Å². The van der Waals surface area contributed by atoms with Crippen LogP contribution in [-0.4, -0.2) is 24.8 Å². The van der Waals surface area contributed by atoms with Gasteiger partial charge in [-0.15, -0.1) is 0 Å². The van der Waals surface area contributed by atoms with E-state index in [2.05, 4.69) is 11.0 Å². The van der Waals surface area contributed by atoms with Crippen molar-refractivity contribution in [2.45, 2.75) is 6.42 Å². The summed E-state index contributed by atoms with van der Waals surface area (Å²) in [6.07, 6.45) is 0.978. The van der Waals surface area contributed by atoms with Gasteiger partial charge in [0, 0.05) is 31.3 Å². The van der Waals surface area contributed by atoms with Crippen molar-refractivity contribution in [2.75, 3.05) is 30.3 Å². The van der Waals surface area contributed by atoms with Gasteiger partial charge in [-0.2, -0.15) is 5.26 Å². The largest absolute Gasteiger partial charge is 0.399 e. The molecule has 0 aliphatic carbocycles. The summed E-state index contributed by atoms with van der Waals surface area (Å²) >= 11 is 0. The molecule has 16 heavy (non-hydrogen) atoms. The quantitative estimate of drug-likeness (QED) is 0.724. The van der Waals surface area contributed by atoms with E-state index in [-0.39, 0.29) is 6.61 Å². The van der Waals surface area contributed by atoms with E-state index in [0.29, 0.717) is 17.2 Å². The van der Waals surface area contributed by atoms with Gasteiger partial charge in [-0.25, -0.2) is 0 Å². The van der Waals surface area contributed by atoms with Gasteiger partial charge in [-0.1, -0.05) is 0 Å². The fourth-order valence-corrected chi connectivity index (χ4v) is 2.12. The van der Waals surface area contributed by atoms with Crippen LogP contribution in [0.3, 0.4) is 0 Å². The van der Waals surface area contributed by atoms with Crippen LogP contribution in [0.15, 0.2) is 18.2 Å². The standard InChI is InChI=1S/C12H15N3O/c13-6-10-5-11(14)1-2-12(10)15-4-3-9(7-15)8-16/h1-2,5,9,16H,3-4,7-8,14H2. The van der Waals surface area contributed by atoms with Crippen LogP contribution in [-0.2, 0) is 0 Å². The Morgan fingerprint density at radius 3 is 3.00 bits per heavy atom. The number of aliphatic hydroxyl groups excluding tert-OH is 1. The zero-order chi connectivity index (χ0) is 11.5. The first-order chi connectivity index (χ1) is 7.74. The van der Waals surface area contributed by atoms with Crippen LogP contribution >= 0.6 is 0 Å². The summed E-state index contributed by atoms with van der Waals surface area (Å²) in [5.41, 5.74) is 7.79. The van der Waals surface area contributed by atoms with Crippen LogP contribution in [0.2, 0.25) is 0 Å². The lowest BCUT2D eigenvalue weighted by Gasteiger charge is -2.19. The van der Waals surface area contributed by atoms with E-state index in [1.54, 1.807) is 6.07 Å². The van der Waals surface area contributed by atoms with Crippen LogP contribution in [0.1, 0.15) is 12.0 Å². The number of nitrogens with zero attached hydrogens (tertiary/aromatic N) is 2. The van der Waals surface area contributed by atoms with Crippen molar-refractivity contribution in [3.63, 3.8) is 0 Å². The molecule has 0 spiro atoms. The topological polar surface area (TPSA) is 73.3 Å². The summed E-state index contributed by atoms with van der Waals surface area (Å²) in [5.74, 6) is 0.323. The summed E-state index contributed by atoms with van der Waals surface area (Å²) in [4.78, 5) is 2.14. The maximum absolute atomic E-state index is 9.09. The average Bonchev–Trinajstić information content (AvgIpc) is 2.77. The van der Waals surface area contributed by atoms with Crippen molar-refractivity contribution < 1.29 is 5.11 Å². The van der Waals surface area contributed by atoms with Crippen LogP contribution in [0.4, 0.5) is 11.4 Å². The van der Waals surface area contributed by atoms with E-state index in [1.165, 1.54) is 0 Å². The third-order valence-electron chi connectivity index (χ3n) is 3.03. The first kappa shape index (κ1) is 10.8. The molecule has 1 heterocycles. The lowest BCUT2D eigenvalue weighted by Crippen LogP contribution is -2.21. The molecule has 4 heteroatoms. The molecule has 4 nitrogen and oxygen atoms in total. The van der Waals surface area contributed by atoms with Crippen LogP contribution < -0.4 is 10.6 Å². The number of hydrogen-bond donors (Lipinski definition) is 2. The van der Waals surface area contributed by atoms with Gasteiger partial charge in [0.1, 0.15) is 6.07 Å². The van der Waals surface area contributed by atoms with Gasteiger partial charge in [0.15, 0.2) is 0 Å². The number of rotatable bonds is 2. The third-order valence-corrected chi connectivity index (χ3v) is 3.03. The second-order valence-electron chi connectivity index (χ2n) is 4.17. The minimum atomic E-state index is 0.216. The number of nitriles is 1. The van der Waals surface area contributed by atoms with Gasteiger partial charge in [0.2, 0.25) is 0 Å². The molecule has 1 saturated heterocycles. The minimum absolute atomic E-state index is 0.216. The lowest BCUT2D eigenvalue weighted by atomic mass is 10.1. The first-order valence-electron chi connectivity index (χ1n) is 5.40. The molecule has 0 aromatic heterocycles. The number of aliphatic hydroxyl groups is 1. The molecule has 1 fully saturated rings. The Balaban J connectivity index is 2.25. The third kappa shape index (κ3) is 1.95. The number of nitrogens with two attached hydrogens (primary N) is 1. The highest BCUT2D eigenvalue weighted by atomic mass is 16.3. The Hall–Kier alpha value is -1.73. The van der Waals surface area contributed by atoms with E-state index in [0.717, 1.165) is 25.2 Å². The van der Waals surface area contributed by atoms with Crippen LogP contribution in [0, 0.1) is 17.2 Å². The van der Waals surface area contributed by atoms with Crippen LogP contribution in [0.25, 0.3) is 0 Å². The van der Waals surface area contributed by atoms with Gasteiger partial charge in [-0.3, -0.25) is 0 Å². The molecule has 3 N–H and O–H groups in total. The van der Waals surface area contributed by atoms with Crippen molar-refractivity contribution in [2.24, 2.45) is 5.92 Å². The highest BCUT2D eigenvalue weighted by Crippen LogP contribution is 2.27. The fourth-order valence-electron chi connectivity index (χ4n) is 2.12. The van der Waals surface area contributed by atoms with Gasteiger partial charge >= 0.3 is 0 Å². The molecule has 1 aromatic carbocycles. The van der Waals surface area contributed by atoms with E-state index in [1.807, 2.05) is 12.1 Å². The Labute approximate surface area is 94.9 Å². The molecule has 84 valence electrons. The van der Waals surface area contributed by atoms with E-state index in [9.17, 15) is 0 Å². The summed E-state index contributed by atoms with van der Waals surface area (Å²) < 4.78 is 0. The summed E-state index contributed by atoms with van der Waals surface area (Å²) in [7, 11) is 0. The zero-order valence-electron chi connectivity index (χ0n) is 9.06. The molecule has 0 radical (unpaired) electrons. The van der Waals surface area contributed by atoms with Crippen molar-refractivity contribution >= 4 is 11.4 Å². The molecule has 1 unspecified atom stereocenters. The molecule has 0 amide bonds. The Morgan fingerprint density at radius 1 is 1.56 bits per heavy atom. The average molecular weight is 217 g/mol. The molecular weight excluding hydrogens is 202 g/mol. The highest BCUT2D eigenvalue weighted by Gasteiger charge is 2.23. The molecule has 2 rings (SSSR count). The SMILES string of the molecule is N#Cc1cc(N)ccc1N1CCC(CO)C1. The summed E-state index contributed by atoms with van der Waals surface area (Å²) in [6, 6.07) is 7.55. The van der Waals surface area contributed by atoms with Gasteiger partial charge in [0.05, 0.1) is 11.3 Å². The number of anilines is 2. The smallest absolute Gasteiger partial charge is 0.101 e. The molecule has 1 aromatic rings. The van der Waals surface area contributed by atoms with Gasteiger partial charge in [0.25, 0.3) is 0 Å². The number of hydrogen-bond acceptors (Lipinski definition) is 4. The minimum Gasteiger partial charge on any atom is -0.399 e. The van der Waals surface area contributed by atoms with Crippen molar-refractivity contribution in [1.82, 2.24) is 0 Å².